The lowest BCUT2D eigenvalue weighted by Crippen LogP contribution is -2.22. The third-order valence-electron chi connectivity index (χ3n) is 20.3. The average molecular weight is 1570 g/mol. The molecule has 0 aromatic heterocycles. The maximum atomic E-state index is 4.91. The number of benzene rings is 11. The summed E-state index contributed by atoms with van der Waals surface area (Å²) in [6, 6.07) is 107. The summed E-state index contributed by atoms with van der Waals surface area (Å²) < 4.78 is 19.7. The Balaban J connectivity index is 0.000000637. The zero-order valence-electron chi connectivity index (χ0n) is 76.1. The third kappa shape index (κ3) is 50.9. The normalized spacial score (nSPS) is 13.9. The molecule has 3 saturated carbocycles. The van der Waals surface area contributed by atoms with Gasteiger partial charge >= 0.3 is 0 Å². The highest BCUT2D eigenvalue weighted by Crippen LogP contribution is 2.40. The summed E-state index contributed by atoms with van der Waals surface area (Å²) in [5, 5.41) is 0. The van der Waals surface area contributed by atoms with E-state index in [4.69, 9.17) is 18.9 Å². The molecular weight excluding hydrogens is 1410 g/mol. The Morgan fingerprint density at radius 1 is 0.302 bits per heavy atom. The topological polar surface area (TPSA) is 36.9 Å². The van der Waals surface area contributed by atoms with E-state index in [1.54, 1.807) is 70.8 Å². The van der Waals surface area contributed by atoms with Crippen LogP contribution in [0.5, 0.6) is 23.0 Å². The molecule has 0 spiro atoms. The van der Waals surface area contributed by atoms with E-state index < -0.39 is 0 Å². The Bertz CT molecular complexity index is 3460. The van der Waals surface area contributed by atoms with Crippen LogP contribution in [0.25, 0.3) is 11.1 Å². The molecule has 15 rings (SSSR count). The molecule has 0 heterocycles. The van der Waals surface area contributed by atoms with Gasteiger partial charge in [0, 0.05) is 0 Å². The zero-order chi connectivity index (χ0) is 85.1. The van der Waals surface area contributed by atoms with E-state index in [0.717, 1.165) is 65.4 Å². The Labute approximate surface area is 711 Å². The fourth-order valence-corrected chi connectivity index (χ4v) is 13.3. The molecule has 0 amide bonds. The van der Waals surface area contributed by atoms with Crippen molar-refractivity contribution >= 4 is 0 Å². The molecule has 0 saturated heterocycles. The summed E-state index contributed by atoms with van der Waals surface area (Å²) in [5.74, 6) is 8.49. The van der Waals surface area contributed by atoms with Gasteiger partial charge in [-0.25, -0.2) is 0 Å². The van der Waals surface area contributed by atoms with Gasteiger partial charge in [-0.1, -0.05) is 439 Å². The maximum absolute atomic E-state index is 4.91. The minimum absolute atomic E-state index is 0.724. The first-order chi connectivity index (χ1) is 56.9. The van der Waals surface area contributed by atoms with Crippen LogP contribution < -0.4 is 18.9 Å². The van der Waals surface area contributed by atoms with Gasteiger partial charge in [0.2, 0.25) is 0 Å². The molecule has 11 aromatic carbocycles. The molecule has 4 heteroatoms. The van der Waals surface area contributed by atoms with Crippen molar-refractivity contribution in [2.45, 2.75) is 257 Å². The van der Waals surface area contributed by atoms with Crippen LogP contribution in [0, 0.1) is 31.6 Å². The van der Waals surface area contributed by atoms with Crippen LogP contribution in [-0.2, 0) is 25.7 Å². The van der Waals surface area contributed by atoms with Crippen LogP contribution in [0.4, 0.5) is 0 Å². The minimum atomic E-state index is 0.724. The molecule has 11 aromatic rings. The highest BCUT2D eigenvalue weighted by molar-refractivity contribution is 5.63. The van der Waals surface area contributed by atoms with E-state index in [1.807, 2.05) is 217 Å². The van der Waals surface area contributed by atoms with Crippen molar-refractivity contribution in [3.8, 4) is 34.1 Å². The lowest BCUT2D eigenvalue weighted by Gasteiger charge is -2.34. The predicted octanol–water partition coefficient (Wildman–Crippen LogP) is 33.6. The van der Waals surface area contributed by atoms with Gasteiger partial charge in [0.1, 0.15) is 23.0 Å². The second-order valence-electron chi connectivity index (χ2n) is 29.0. The summed E-state index contributed by atoms with van der Waals surface area (Å²) >= 11 is 0. The van der Waals surface area contributed by atoms with E-state index in [1.165, 1.54) is 142 Å². The number of methoxy groups -OCH3 is 4. The summed E-state index contributed by atoms with van der Waals surface area (Å²) in [5.41, 5.74) is 14.4. The Morgan fingerprint density at radius 2 is 0.595 bits per heavy atom. The van der Waals surface area contributed by atoms with Crippen molar-refractivity contribution in [2.24, 2.45) is 17.8 Å². The molecule has 4 nitrogen and oxygen atoms in total. The van der Waals surface area contributed by atoms with Crippen LogP contribution in [0.3, 0.4) is 0 Å². The molecule has 0 aliphatic heterocycles. The molecule has 116 heavy (non-hydrogen) atoms. The number of ether oxygens (including phenoxy) is 4. The SMILES string of the molecule is CC.CC.CC.CC1CCC(C2CCCCC2)CC1.CCC.CCC(C)c1ccc2c(c1)CCCC2.CCc1ccccc1.CCc1ccccc1.COc1ccccc1.COc1ccccc1.COc1ccccc1.COc1ccccc1.Cc1ccc(-c2ccccc2)cc1.Cc1ccc(C2CCCCC2)cc1.c1ccccc1. The molecule has 0 N–H and O–H groups in total. The number of hydrogen-bond acceptors (Lipinski definition) is 4. The number of para-hydroxylation sites is 4. The highest BCUT2D eigenvalue weighted by Gasteiger charge is 2.27. The van der Waals surface area contributed by atoms with Gasteiger partial charge in [0.25, 0.3) is 0 Å². The largest absolute Gasteiger partial charge is 0.497 e. The lowest BCUT2D eigenvalue weighted by molar-refractivity contribution is 0.173. The molecule has 3 fully saturated rings. The van der Waals surface area contributed by atoms with E-state index in [2.05, 4.69) is 202 Å². The van der Waals surface area contributed by atoms with Gasteiger partial charge < -0.3 is 18.9 Å². The van der Waals surface area contributed by atoms with Gasteiger partial charge in [-0.05, 0) is 207 Å². The van der Waals surface area contributed by atoms with Gasteiger partial charge in [-0.3, -0.25) is 0 Å². The van der Waals surface area contributed by atoms with Crippen molar-refractivity contribution in [3.05, 3.63) is 360 Å². The second kappa shape index (κ2) is 73.3. The number of fused-ring (bicyclic) bond motifs is 1. The fourth-order valence-electron chi connectivity index (χ4n) is 13.3. The van der Waals surface area contributed by atoms with Gasteiger partial charge in [-0.15, -0.1) is 0 Å². The standard InChI is InChI=1S/C14H20.C13H24.C13H18.C13H12.2C8H10.4C7H8O.C6H6.C3H8.3C2H6/c1-3-11(2)13-9-8-12-6-4-5-7-14(12)10-13;3*1-11-7-9-13(10-8-11)12-5-3-2-4-6-12;2*1-2-8-6-4-3-5-7-8;4*1-8-7-5-3-2-4-6-7;1-2-4-6-5-3-1;1-3-2;3*1-2/h8-11H,3-7H2,1-2H3;11-13H,2-10H2,1H3;7-10,12H,2-6H2,1H3;2-10H,1H3;2*3-7H,2H2,1H3;4*2-6H,1H3;1-6H;3H2,1-2H3;3*1-2H3. The number of aryl methyl sites for hydroxylation is 6. The van der Waals surface area contributed by atoms with E-state index in [9.17, 15) is 0 Å². The van der Waals surface area contributed by atoms with Crippen molar-refractivity contribution in [1.82, 2.24) is 0 Å². The first-order valence-electron chi connectivity index (χ1n) is 44.6. The first-order valence-corrected chi connectivity index (χ1v) is 44.6. The average Bonchev–Trinajstić information content (AvgIpc) is 0.838. The van der Waals surface area contributed by atoms with Crippen LogP contribution in [0.2, 0.25) is 0 Å². The third-order valence-corrected chi connectivity index (χ3v) is 20.3. The van der Waals surface area contributed by atoms with Crippen molar-refractivity contribution in [2.75, 3.05) is 28.4 Å². The molecule has 630 valence electrons. The minimum Gasteiger partial charge on any atom is -0.497 e. The molecule has 1 atom stereocenters. The lowest BCUT2D eigenvalue weighted by atomic mass is 9.71. The first kappa shape index (κ1) is 105. The zero-order valence-corrected chi connectivity index (χ0v) is 76.1. The number of rotatable bonds is 11. The van der Waals surface area contributed by atoms with E-state index in [0.29, 0.717) is 0 Å². The van der Waals surface area contributed by atoms with Crippen molar-refractivity contribution in [3.63, 3.8) is 0 Å². The van der Waals surface area contributed by atoms with E-state index >= 15 is 0 Å². The smallest absolute Gasteiger partial charge is 0.118 e. The van der Waals surface area contributed by atoms with Crippen LogP contribution in [0.1, 0.15) is 262 Å². The number of hydrogen-bond donors (Lipinski definition) is 0. The molecule has 0 bridgehead atoms. The second-order valence-corrected chi connectivity index (χ2v) is 29.0. The quantitative estimate of drug-likeness (QED) is 0.129. The molecular formula is C112H158O4. The highest BCUT2D eigenvalue weighted by atomic mass is 16.5. The Hall–Kier alpha value is -9.38. The Morgan fingerprint density at radius 3 is 0.914 bits per heavy atom. The van der Waals surface area contributed by atoms with Crippen molar-refractivity contribution in [1.29, 1.82) is 0 Å². The van der Waals surface area contributed by atoms with Crippen molar-refractivity contribution < 1.29 is 18.9 Å². The van der Waals surface area contributed by atoms with Gasteiger partial charge in [0.05, 0.1) is 28.4 Å². The summed E-state index contributed by atoms with van der Waals surface area (Å²) in [4.78, 5) is 0. The summed E-state index contributed by atoms with van der Waals surface area (Å²) in [7, 11) is 6.65. The monoisotopic (exact) mass is 1570 g/mol. The molecule has 4 aliphatic carbocycles. The predicted molar refractivity (Wildman–Crippen MR) is 513 cm³/mol. The summed E-state index contributed by atoms with van der Waals surface area (Å²) in [6.45, 7) is 31.9. The molecule has 4 aliphatic rings. The van der Waals surface area contributed by atoms with Crippen LogP contribution in [-0.4, -0.2) is 28.4 Å². The maximum Gasteiger partial charge on any atom is 0.118 e. The molecule has 1 unspecified atom stereocenters. The Kier molecular flexibility index (Phi) is 66.1. The fraction of sp³-hybridized carbons (Fsp3) is 0.411. The van der Waals surface area contributed by atoms with Crippen LogP contribution >= 0.6 is 0 Å². The van der Waals surface area contributed by atoms with Gasteiger partial charge in [0.15, 0.2) is 0 Å². The molecule has 0 radical (unpaired) electrons. The van der Waals surface area contributed by atoms with Gasteiger partial charge in [-0.2, -0.15) is 0 Å². The summed E-state index contributed by atoms with van der Waals surface area (Å²) in [6.07, 6.45) is 31.1. The van der Waals surface area contributed by atoms with E-state index in [-0.39, 0.29) is 0 Å². The van der Waals surface area contributed by atoms with Crippen LogP contribution in [0.15, 0.2) is 315 Å².